The highest BCUT2D eigenvalue weighted by Gasteiger charge is 1.99. The zero-order valence-corrected chi connectivity index (χ0v) is 17.4. The van der Waals surface area contributed by atoms with E-state index in [9.17, 15) is 0 Å². The van der Waals surface area contributed by atoms with E-state index in [0.717, 1.165) is 34.2 Å². The summed E-state index contributed by atoms with van der Waals surface area (Å²) in [5.74, 6) is 1.45. The number of hydrogen-bond donors (Lipinski definition) is 0. The van der Waals surface area contributed by atoms with Crippen LogP contribution in [-0.4, -0.2) is 0 Å². The van der Waals surface area contributed by atoms with Gasteiger partial charge in [0.1, 0.15) is 11.5 Å². The Morgan fingerprint density at radius 1 is 0.387 bits per heavy atom. The molecule has 0 bridgehead atoms. The molecule has 31 heavy (non-hydrogen) atoms. The smallest absolute Gasteiger partial charge is 0.127 e. The second-order valence-corrected chi connectivity index (χ2v) is 7.16. The van der Waals surface area contributed by atoms with E-state index in [0.29, 0.717) is 0 Å². The fourth-order valence-electron chi connectivity index (χ4n) is 2.75. The molecule has 0 amide bonds. The molecule has 0 aliphatic heterocycles. The van der Waals surface area contributed by atoms with Crippen LogP contribution in [0.2, 0.25) is 0 Å². The van der Waals surface area contributed by atoms with Gasteiger partial charge < -0.3 is 4.74 Å². The molecule has 0 aliphatic carbocycles. The first-order chi connectivity index (χ1) is 15.1. The molecule has 0 saturated heterocycles. The highest BCUT2D eigenvalue weighted by atomic mass is 16.5. The standard InChI is InChI=1S/C26H22N4O/c1-19-3-7-21(8-4-19)27-29-23-11-15-25(16-12-23)31-26-17-13-24(14-18-26)30-28-22-9-5-20(2)6-10-22/h3-18H,1-2H3. The molecule has 0 fully saturated rings. The molecule has 0 unspecified atom stereocenters. The van der Waals surface area contributed by atoms with Crippen LogP contribution in [0, 0.1) is 13.8 Å². The first kappa shape index (κ1) is 20.2. The first-order valence-electron chi connectivity index (χ1n) is 9.99. The number of benzene rings is 4. The van der Waals surface area contributed by atoms with E-state index in [4.69, 9.17) is 4.74 Å². The Balaban J connectivity index is 1.35. The van der Waals surface area contributed by atoms with Gasteiger partial charge in [-0.3, -0.25) is 0 Å². The third-order valence-electron chi connectivity index (χ3n) is 4.54. The molecule has 0 aliphatic rings. The molecular formula is C26H22N4O. The number of aryl methyl sites for hydroxylation is 2. The summed E-state index contributed by atoms with van der Waals surface area (Å²) in [5, 5.41) is 17.0. The number of azo groups is 2. The summed E-state index contributed by atoms with van der Waals surface area (Å²) in [5.41, 5.74) is 5.57. The molecule has 0 N–H and O–H groups in total. The van der Waals surface area contributed by atoms with Crippen molar-refractivity contribution in [1.29, 1.82) is 0 Å². The van der Waals surface area contributed by atoms with Gasteiger partial charge in [0, 0.05) is 0 Å². The molecule has 152 valence electrons. The Hall–Kier alpha value is -4.12. The fraction of sp³-hybridized carbons (Fsp3) is 0.0769. The molecule has 4 aromatic carbocycles. The highest BCUT2D eigenvalue weighted by molar-refractivity contribution is 5.46. The second-order valence-electron chi connectivity index (χ2n) is 7.16. The molecular weight excluding hydrogens is 384 g/mol. The summed E-state index contributed by atoms with van der Waals surface area (Å²) in [4.78, 5) is 0. The fourth-order valence-corrected chi connectivity index (χ4v) is 2.75. The van der Waals surface area contributed by atoms with Gasteiger partial charge in [0.25, 0.3) is 0 Å². The Morgan fingerprint density at radius 2 is 0.645 bits per heavy atom. The van der Waals surface area contributed by atoms with E-state index < -0.39 is 0 Å². The summed E-state index contributed by atoms with van der Waals surface area (Å²) >= 11 is 0. The normalized spacial score (nSPS) is 11.3. The topological polar surface area (TPSA) is 58.7 Å². The van der Waals surface area contributed by atoms with Crippen molar-refractivity contribution in [3.63, 3.8) is 0 Å². The third kappa shape index (κ3) is 5.93. The van der Waals surface area contributed by atoms with E-state index in [2.05, 4.69) is 20.5 Å². The lowest BCUT2D eigenvalue weighted by molar-refractivity contribution is 0.483. The lowest BCUT2D eigenvalue weighted by Gasteiger charge is -2.05. The van der Waals surface area contributed by atoms with Crippen molar-refractivity contribution in [2.75, 3.05) is 0 Å². The molecule has 0 spiro atoms. The number of nitrogens with zero attached hydrogens (tertiary/aromatic N) is 4. The molecule has 5 heteroatoms. The Kier molecular flexibility index (Phi) is 6.24. The van der Waals surface area contributed by atoms with Gasteiger partial charge in [-0.2, -0.15) is 20.5 Å². The minimum Gasteiger partial charge on any atom is -0.457 e. The van der Waals surface area contributed by atoms with Gasteiger partial charge in [0.2, 0.25) is 0 Å². The van der Waals surface area contributed by atoms with Crippen molar-refractivity contribution in [3.8, 4) is 11.5 Å². The van der Waals surface area contributed by atoms with Gasteiger partial charge >= 0.3 is 0 Å². The number of hydrogen-bond acceptors (Lipinski definition) is 5. The number of rotatable bonds is 6. The maximum absolute atomic E-state index is 5.90. The van der Waals surface area contributed by atoms with Crippen LogP contribution in [0.15, 0.2) is 118 Å². The second kappa shape index (κ2) is 9.59. The molecule has 4 aromatic rings. The zero-order valence-electron chi connectivity index (χ0n) is 17.4. The Bertz CT molecular complexity index is 1080. The minimum atomic E-state index is 0.725. The lowest BCUT2D eigenvalue weighted by Crippen LogP contribution is -1.82. The van der Waals surface area contributed by atoms with Crippen LogP contribution in [0.5, 0.6) is 11.5 Å². The third-order valence-corrected chi connectivity index (χ3v) is 4.54. The van der Waals surface area contributed by atoms with E-state index in [1.165, 1.54) is 11.1 Å². The van der Waals surface area contributed by atoms with Crippen LogP contribution < -0.4 is 4.74 Å². The summed E-state index contributed by atoms with van der Waals surface area (Å²) in [6.45, 7) is 4.09. The van der Waals surface area contributed by atoms with Crippen LogP contribution in [0.1, 0.15) is 11.1 Å². The SMILES string of the molecule is Cc1ccc(N=Nc2ccc(Oc3ccc(N=Nc4ccc(C)cc4)cc3)cc2)cc1. The Labute approximate surface area is 181 Å². The van der Waals surface area contributed by atoms with Gasteiger partial charge in [0.05, 0.1) is 22.7 Å². The molecule has 0 saturated carbocycles. The predicted octanol–water partition coefficient (Wildman–Crippen LogP) is 8.93. The van der Waals surface area contributed by atoms with Gasteiger partial charge in [-0.15, -0.1) is 0 Å². The van der Waals surface area contributed by atoms with Crippen molar-refractivity contribution in [3.05, 3.63) is 108 Å². The van der Waals surface area contributed by atoms with Crippen molar-refractivity contribution in [2.45, 2.75) is 13.8 Å². The lowest BCUT2D eigenvalue weighted by atomic mass is 10.2. The maximum Gasteiger partial charge on any atom is 0.127 e. The molecule has 5 nitrogen and oxygen atoms in total. The predicted molar refractivity (Wildman–Crippen MR) is 124 cm³/mol. The molecule has 0 atom stereocenters. The van der Waals surface area contributed by atoms with Crippen LogP contribution in [-0.2, 0) is 0 Å². The van der Waals surface area contributed by atoms with Crippen LogP contribution in [0.3, 0.4) is 0 Å². The quantitative estimate of drug-likeness (QED) is 0.295. The van der Waals surface area contributed by atoms with Gasteiger partial charge in [-0.05, 0) is 86.6 Å². The van der Waals surface area contributed by atoms with Gasteiger partial charge in [-0.25, -0.2) is 0 Å². The van der Waals surface area contributed by atoms with Crippen LogP contribution >= 0.6 is 0 Å². The summed E-state index contributed by atoms with van der Waals surface area (Å²) in [7, 11) is 0. The summed E-state index contributed by atoms with van der Waals surface area (Å²) in [6.07, 6.45) is 0. The largest absolute Gasteiger partial charge is 0.457 e. The van der Waals surface area contributed by atoms with E-state index in [-0.39, 0.29) is 0 Å². The monoisotopic (exact) mass is 406 g/mol. The van der Waals surface area contributed by atoms with E-state index >= 15 is 0 Å². The molecule has 0 aromatic heterocycles. The Morgan fingerprint density at radius 3 is 0.935 bits per heavy atom. The van der Waals surface area contributed by atoms with Crippen LogP contribution in [0.25, 0.3) is 0 Å². The number of ether oxygens (including phenoxy) is 1. The van der Waals surface area contributed by atoms with Crippen molar-refractivity contribution >= 4 is 22.7 Å². The highest BCUT2D eigenvalue weighted by Crippen LogP contribution is 2.27. The maximum atomic E-state index is 5.90. The average Bonchev–Trinajstić information content (AvgIpc) is 2.80. The molecule has 0 radical (unpaired) electrons. The minimum absolute atomic E-state index is 0.725. The average molecular weight is 406 g/mol. The first-order valence-corrected chi connectivity index (χ1v) is 9.99. The van der Waals surface area contributed by atoms with Gasteiger partial charge in [-0.1, -0.05) is 35.4 Å². The zero-order chi connectivity index (χ0) is 21.5. The summed E-state index contributed by atoms with van der Waals surface area (Å²) < 4.78 is 5.90. The van der Waals surface area contributed by atoms with Crippen molar-refractivity contribution in [1.82, 2.24) is 0 Å². The van der Waals surface area contributed by atoms with Gasteiger partial charge in [0.15, 0.2) is 0 Å². The van der Waals surface area contributed by atoms with E-state index in [1.807, 2.05) is 111 Å². The van der Waals surface area contributed by atoms with Crippen molar-refractivity contribution in [2.24, 2.45) is 20.5 Å². The summed E-state index contributed by atoms with van der Waals surface area (Å²) in [6, 6.07) is 30.8. The van der Waals surface area contributed by atoms with Crippen molar-refractivity contribution < 1.29 is 4.74 Å². The molecule has 4 rings (SSSR count). The molecule has 0 heterocycles. The van der Waals surface area contributed by atoms with E-state index in [1.54, 1.807) is 0 Å². The van der Waals surface area contributed by atoms with Crippen LogP contribution in [0.4, 0.5) is 22.7 Å².